The van der Waals surface area contributed by atoms with E-state index in [1.807, 2.05) is 12.1 Å². The van der Waals surface area contributed by atoms with E-state index in [-0.39, 0.29) is 11.8 Å². The van der Waals surface area contributed by atoms with E-state index in [1.165, 1.54) is 0 Å². The largest absolute Gasteiger partial charge is 0.481 e. The van der Waals surface area contributed by atoms with Gasteiger partial charge in [-0.1, -0.05) is 0 Å². The van der Waals surface area contributed by atoms with Gasteiger partial charge in [0.2, 0.25) is 5.91 Å². The topological polar surface area (TPSA) is 74.0 Å². The van der Waals surface area contributed by atoms with Crippen LogP contribution in [-0.2, 0) is 16.1 Å². The molecule has 3 rings (SSSR count). The molecule has 1 aromatic heterocycles. The first-order valence-corrected chi connectivity index (χ1v) is 6.91. The molecule has 6 nitrogen and oxygen atoms in total. The summed E-state index contributed by atoms with van der Waals surface area (Å²) in [5, 5.41) is 8.87. The van der Waals surface area contributed by atoms with Crippen molar-refractivity contribution in [2.24, 2.45) is 11.8 Å². The summed E-state index contributed by atoms with van der Waals surface area (Å²) in [7, 11) is 0. The molecule has 1 N–H and O–H groups in total. The number of nitrogens with zero attached hydrogens (tertiary/aromatic N) is 2. The van der Waals surface area contributed by atoms with Gasteiger partial charge in [-0.2, -0.15) is 0 Å². The summed E-state index contributed by atoms with van der Waals surface area (Å²) < 4.78 is 5.31. The summed E-state index contributed by atoms with van der Waals surface area (Å²) >= 11 is 0. The predicted octanol–water partition coefficient (Wildman–Crippen LogP) is 0.644. The number of carboxylic acids is 1. The van der Waals surface area contributed by atoms with Gasteiger partial charge < -0.3 is 14.4 Å². The summed E-state index contributed by atoms with van der Waals surface area (Å²) in [4.78, 5) is 27.0. The van der Waals surface area contributed by atoms with Crippen molar-refractivity contribution in [3.8, 4) is 0 Å². The Morgan fingerprint density at radius 3 is 2.55 bits per heavy atom. The molecular weight excluding hydrogens is 260 g/mol. The quantitative estimate of drug-likeness (QED) is 0.875. The average molecular weight is 278 g/mol. The molecule has 1 aromatic rings. The highest BCUT2D eigenvalue weighted by molar-refractivity contribution is 5.89. The van der Waals surface area contributed by atoms with Crippen molar-refractivity contribution in [1.82, 2.24) is 9.80 Å². The first-order chi connectivity index (χ1) is 9.65. The summed E-state index contributed by atoms with van der Waals surface area (Å²) in [6, 6.07) is 3.81. The van der Waals surface area contributed by atoms with E-state index in [1.54, 1.807) is 11.2 Å². The smallest absolute Gasteiger partial charge is 0.307 e. The van der Waals surface area contributed by atoms with Gasteiger partial charge in [0.15, 0.2) is 0 Å². The number of carbonyl (C=O) groups is 2. The molecule has 2 atom stereocenters. The third-order valence-electron chi connectivity index (χ3n) is 4.07. The van der Waals surface area contributed by atoms with Crippen molar-refractivity contribution in [2.45, 2.75) is 13.0 Å². The lowest BCUT2D eigenvalue weighted by Crippen LogP contribution is -2.49. The van der Waals surface area contributed by atoms with Crippen LogP contribution in [0.1, 0.15) is 12.2 Å². The second-order valence-electron chi connectivity index (χ2n) is 5.47. The number of hydrogen-bond donors (Lipinski definition) is 1. The lowest BCUT2D eigenvalue weighted by molar-refractivity contribution is -0.142. The highest BCUT2D eigenvalue weighted by Gasteiger charge is 2.49. The molecule has 20 heavy (non-hydrogen) atoms. The van der Waals surface area contributed by atoms with Gasteiger partial charge in [-0.25, -0.2) is 0 Å². The number of rotatable bonds is 4. The van der Waals surface area contributed by atoms with Crippen molar-refractivity contribution in [3.05, 3.63) is 24.2 Å². The molecule has 108 valence electrons. The third-order valence-corrected chi connectivity index (χ3v) is 4.07. The van der Waals surface area contributed by atoms with Gasteiger partial charge >= 0.3 is 5.97 Å². The predicted molar refractivity (Wildman–Crippen MR) is 69.8 cm³/mol. The van der Waals surface area contributed by atoms with Crippen LogP contribution in [0.25, 0.3) is 0 Å². The number of aliphatic carboxylic acids is 1. The van der Waals surface area contributed by atoms with Gasteiger partial charge in [-0.05, 0) is 18.6 Å². The summed E-state index contributed by atoms with van der Waals surface area (Å²) in [6.07, 6.45) is 2.16. The Labute approximate surface area is 117 Å². The molecule has 2 heterocycles. The molecule has 1 saturated heterocycles. The Hall–Kier alpha value is -1.82. The molecule has 0 radical (unpaired) electrons. The number of piperazine rings is 1. The van der Waals surface area contributed by atoms with Gasteiger partial charge in [0.05, 0.1) is 24.6 Å². The molecule has 6 heteroatoms. The summed E-state index contributed by atoms with van der Waals surface area (Å²) in [5.41, 5.74) is 0. The van der Waals surface area contributed by atoms with E-state index in [2.05, 4.69) is 4.90 Å². The van der Waals surface area contributed by atoms with Gasteiger partial charge in [0, 0.05) is 26.2 Å². The number of carbonyl (C=O) groups excluding carboxylic acids is 1. The molecule has 0 unspecified atom stereocenters. The number of carboxylic acid groups (broad SMARTS) is 1. The van der Waals surface area contributed by atoms with Crippen LogP contribution in [0.2, 0.25) is 0 Å². The average Bonchev–Trinajstić information content (AvgIpc) is 3.10. The SMILES string of the molecule is O=C(O)[C@H]1C[C@H]1C(=O)N1CCN(Cc2ccco2)CC1. The number of hydrogen-bond acceptors (Lipinski definition) is 4. The number of amides is 1. The van der Waals surface area contributed by atoms with Crippen LogP contribution >= 0.6 is 0 Å². The van der Waals surface area contributed by atoms with E-state index >= 15 is 0 Å². The van der Waals surface area contributed by atoms with E-state index < -0.39 is 11.9 Å². The lowest BCUT2D eigenvalue weighted by Gasteiger charge is -2.34. The molecule has 0 aromatic carbocycles. The maximum atomic E-state index is 12.1. The highest BCUT2D eigenvalue weighted by Crippen LogP contribution is 2.40. The third kappa shape index (κ3) is 2.70. The highest BCUT2D eigenvalue weighted by atomic mass is 16.4. The summed E-state index contributed by atoms with van der Waals surface area (Å²) in [5.74, 6) is -0.652. The van der Waals surface area contributed by atoms with Crippen molar-refractivity contribution < 1.29 is 19.1 Å². The van der Waals surface area contributed by atoms with Crippen LogP contribution in [0.4, 0.5) is 0 Å². The van der Waals surface area contributed by atoms with Crippen LogP contribution in [0, 0.1) is 11.8 Å². The van der Waals surface area contributed by atoms with Crippen LogP contribution in [-0.4, -0.2) is 53.0 Å². The number of furan rings is 1. The van der Waals surface area contributed by atoms with E-state index in [9.17, 15) is 9.59 Å². The fourth-order valence-corrected chi connectivity index (χ4v) is 2.72. The molecule has 0 spiro atoms. The van der Waals surface area contributed by atoms with Gasteiger partial charge in [-0.15, -0.1) is 0 Å². The van der Waals surface area contributed by atoms with Gasteiger partial charge in [0.25, 0.3) is 0 Å². The minimum Gasteiger partial charge on any atom is -0.481 e. The monoisotopic (exact) mass is 278 g/mol. The van der Waals surface area contributed by atoms with Gasteiger partial charge in [-0.3, -0.25) is 14.5 Å². The Balaban J connectivity index is 1.47. The van der Waals surface area contributed by atoms with Crippen LogP contribution in [0.5, 0.6) is 0 Å². The molecule has 1 saturated carbocycles. The van der Waals surface area contributed by atoms with E-state index in [4.69, 9.17) is 9.52 Å². The van der Waals surface area contributed by atoms with E-state index in [0.29, 0.717) is 19.5 Å². The zero-order valence-corrected chi connectivity index (χ0v) is 11.2. The zero-order valence-electron chi connectivity index (χ0n) is 11.2. The second-order valence-corrected chi connectivity index (χ2v) is 5.47. The second kappa shape index (κ2) is 5.28. The molecule has 2 fully saturated rings. The first-order valence-electron chi connectivity index (χ1n) is 6.91. The molecule has 1 aliphatic carbocycles. The van der Waals surface area contributed by atoms with Crippen molar-refractivity contribution >= 4 is 11.9 Å². The van der Waals surface area contributed by atoms with Crippen molar-refractivity contribution in [2.75, 3.05) is 26.2 Å². The van der Waals surface area contributed by atoms with Crippen molar-refractivity contribution in [1.29, 1.82) is 0 Å². The summed E-state index contributed by atoms with van der Waals surface area (Å²) in [6.45, 7) is 3.70. The maximum Gasteiger partial charge on any atom is 0.307 e. The fourth-order valence-electron chi connectivity index (χ4n) is 2.72. The Bertz CT molecular complexity index is 491. The zero-order chi connectivity index (χ0) is 14.1. The Morgan fingerprint density at radius 1 is 1.25 bits per heavy atom. The molecule has 2 aliphatic rings. The van der Waals surface area contributed by atoms with Crippen LogP contribution < -0.4 is 0 Å². The van der Waals surface area contributed by atoms with E-state index in [0.717, 1.165) is 25.4 Å². The Kier molecular flexibility index (Phi) is 3.48. The minimum absolute atomic E-state index is 0.00930. The van der Waals surface area contributed by atoms with Gasteiger partial charge in [0.1, 0.15) is 5.76 Å². The first kappa shape index (κ1) is 13.2. The normalized spacial score (nSPS) is 26.5. The maximum absolute atomic E-state index is 12.1. The van der Waals surface area contributed by atoms with Crippen molar-refractivity contribution in [3.63, 3.8) is 0 Å². The molecule has 1 amide bonds. The van der Waals surface area contributed by atoms with Crippen LogP contribution in [0.15, 0.2) is 22.8 Å². The fraction of sp³-hybridized carbons (Fsp3) is 0.571. The van der Waals surface area contributed by atoms with Crippen LogP contribution in [0.3, 0.4) is 0 Å². The lowest BCUT2D eigenvalue weighted by atomic mass is 10.2. The molecule has 1 aliphatic heterocycles. The molecule has 0 bridgehead atoms. The minimum atomic E-state index is -0.847. The Morgan fingerprint density at radius 2 is 2.00 bits per heavy atom. The standard InChI is InChI=1S/C14H18N2O4/c17-13(11-8-12(11)14(18)19)16-5-3-15(4-6-16)9-10-2-1-7-20-10/h1-2,7,11-12H,3-6,8-9H2,(H,18,19)/t11-,12+/m1/s1. The molecular formula is C14H18N2O4.